The molecule has 1 atom stereocenters. The number of hydrogen-bond acceptors (Lipinski definition) is 2. The van der Waals surface area contributed by atoms with Crippen molar-refractivity contribution in [3.8, 4) is 0 Å². The van der Waals surface area contributed by atoms with Gasteiger partial charge in [0.2, 0.25) is 0 Å². The van der Waals surface area contributed by atoms with E-state index in [1.807, 2.05) is 0 Å². The number of thiol groups is 1. The molecule has 0 N–H and O–H groups in total. The first kappa shape index (κ1) is 7.83. The average Bonchev–Trinajstić information content (AvgIpc) is 1.68. The second kappa shape index (κ2) is 4.98. The number of hydrogen-bond donors (Lipinski definition) is 1. The SMILES string of the molecule is C=C=C[C@@H](S)COC. The van der Waals surface area contributed by atoms with Crippen molar-refractivity contribution in [1.82, 2.24) is 0 Å². The van der Waals surface area contributed by atoms with E-state index in [0.717, 1.165) is 0 Å². The van der Waals surface area contributed by atoms with E-state index < -0.39 is 0 Å². The monoisotopic (exact) mass is 130 g/mol. The summed E-state index contributed by atoms with van der Waals surface area (Å²) in [4.78, 5) is 0. The Morgan fingerprint density at radius 2 is 2.62 bits per heavy atom. The van der Waals surface area contributed by atoms with E-state index >= 15 is 0 Å². The van der Waals surface area contributed by atoms with Crippen molar-refractivity contribution >= 4 is 12.6 Å². The van der Waals surface area contributed by atoms with E-state index in [1.54, 1.807) is 13.2 Å². The molecular formula is C6H10OS. The van der Waals surface area contributed by atoms with Crippen LogP contribution in [0, 0.1) is 0 Å². The van der Waals surface area contributed by atoms with Crippen LogP contribution in [0.2, 0.25) is 0 Å². The quantitative estimate of drug-likeness (QED) is 0.447. The molecule has 0 fully saturated rings. The molecule has 46 valence electrons. The van der Waals surface area contributed by atoms with Crippen LogP contribution in [0.1, 0.15) is 0 Å². The van der Waals surface area contributed by atoms with Gasteiger partial charge in [0.15, 0.2) is 0 Å². The molecule has 0 bridgehead atoms. The molecule has 0 saturated carbocycles. The van der Waals surface area contributed by atoms with E-state index in [0.29, 0.717) is 6.61 Å². The first-order valence-corrected chi connectivity index (χ1v) is 2.86. The van der Waals surface area contributed by atoms with Crippen LogP contribution in [0.3, 0.4) is 0 Å². The summed E-state index contributed by atoms with van der Waals surface area (Å²) in [6, 6.07) is 0. The lowest BCUT2D eigenvalue weighted by atomic mass is 10.4. The van der Waals surface area contributed by atoms with Crippen LogP contribution in [0.5, 0.6) is 0 Å². The third-order valence-corrected chi connectivity index (χ3v) is 0.946. The molecule has 0 aromatic rings. The first-order chi connectivity index (χ1) is 3.81. The van der Waals surface area contributed by atoms with Gasteiger partial charge in [-0.3, -0.25) is 0 Å². The molecule has 0 aromatic carbocycles. The van der Waals surface area contributed by atoms with Gasteiger partial charge in [-0.2, -0.15) is 12.6 Å². The topological polar surface area (TPSA) is 9.23 Å². The van der Waals surface area contributed by atoms with Crippen LogP contribution in [-0.2, 0) is 4.74 Å². The summed E-state index contributed by atoms with van der Waals surface area (Å²) in [5, 5.41) is 0.137. The van der Waals surface area contributed by atoms with Gasteiger partial charge in [0, 0.05) is 7.11 Å². The van der Waals surface area contributed by atoms with E-state index in [9.17, 15) is 0 Å². The zero-order valence-electron chi connectivity index (χ0n) is 4.92. The van der Waals surface area contributed by atoms with Gasteiger partial charge in [-0.25, -0.2) is 0 Å². The fraction of sp³-hybridized carbons (Fsp3) is 0.500. The molecule has 0 radical (unpaired) electrons. The minimum atomic E-state index is 0.137. The van der Waals surface area contributed by atoms with Crippen molar-refractivity contribution in [2.45, 2.75) is 5.25 Å². The molecule has 0 saturated heterocycles. The Kier molecular flexibility index (Phi) is 4.87. The van der Waals surface area contributed by atoms with Crippen molar-refractivity contribution in [1.29, 1.82) is 0 Å². The summed E-state index contributed by atoms with van der Waals surface area (Å²) < 4.78 is 4.78. The lowest BCUT2D eigenvalue weighted by Crippen LogP contribution is -2.01. The van der Waals surface area contributed by atoms with Crippen LogP contribution in [0.15, 0.2) is 18.4 Å². The maximum atomic E-state index is 4.78. The highest BCUT2D eigenvalue weighted by Crippen LogP contribution is 1.94. The molecule has 0 spiro atoms. The number of ether oxygens (including phenoxy) is 1. The third-order valence-electron chi connectivity index (χ3n) is 0.648. The van der Waals surface area contributed by atoms with Crippen LogP contribution in [-0.4, -0.2) is 19.0 Å². The minimum Gasteiger partial charge on any atom is -0.383 e. The molecule has 0 heterocycles. The van der Waals surface area contributed by atoms with Crippen molar-refractivity contribution in [3.05, 3.63) is 18.4 Å². The Morgan fingerprint density at radius 3 is 3.00 bits per heavy atom. The van der Waals surface area contributed by atoms with Crippen molar-refractivity contribution in [2.24, 2.45) is 0 Å². The standard InChI is InChI=1S/C6H10OS/c1-3-4-6(8)5-7-2/h4,6,8H,1,5H2,2H3/t6-/m1/s1. The summed E-state index contributed by atoms with van der Waals surface area (Å²) >= 11 is 4.11. The molecule has 2 heteroatoms. The molecular weight excluding hydrogens is 120 g/mol. The van der Waals surface area contributed by atoms with Crippen LogP contribution < -0.4 is 0 Å². The Hall–Kier alpha value is -0.170. The number of methoxy groups -OCH3 is 1. The van der Waals surface area contributed by atoms with Gasteiger partial charge in [0.1, 0.15) is 0 Å². The second-order valence-electron chi connectivity index (χ2n) is 1.39. The first-order valence-electron chi connectivity index (χ1n) is 2.34. The van der Waals surface area contributed by atoms with Crippen molar-refractivity contribution in [3.63, 3.8) is 0 Å². The summed E-state index contributed by atoms with van der Waals surface area (Å²) in [5.41, 5.74) is 2.62. The fourth-order valence-electron chi connectivity index (χ4n) is 0.355. The van der Waals surface area contributed by atoms with Crippen LogP contribution in [0.4, 0.5) is 0 Å². The Balaban J connectivity index is 3.31. The second-order valence-corrected chi connectivity index (χ2v) is 2.06. The predicted octanol–water partition coefficient (Wildman–Crippen LogP) is 1.27. The molecule has 1 nitrogen and oxygen atoms in total. The molecule has 0 amide bonds. The van der Waals surface area contributed by atoms with Crippen LogP contribution >= 0.6 is 12.6 Å². The molecule has 0 aromatic heterocycles. The molecule has 0 aliphatic carbocycles. The van der Waals surface area contributed by atoms with Crippen molar-refractivity contribution in [2.75, 3.05) is 13.7 Å². The molecule has 8 heavy (non-hydrogen) atoms. The number of rotatable bonds is 3. The summed E-state index contributed by atoms with van der Waals surface area (Å²) in [5.74, 6) is 0. The third kappa shape index (κ3) is 4.00. The van der Waals surface area contributed by atoms with E-state index in [1.165, 1.54) is 0 Å². The fourth-order valence-corrected chi connectivity index (χ4v) is 0.609. The minimum absolute atomic E-state index is 0.137. The Bertz CT molecular complexity index is 94.7. The lowest BCUT2D eigenvalue weighted by Gasteiger charge is -1.98. The van der Waals surface area contributed by atoms with Gasteiger partial charge in [-0.15, -0.1) is 5.73 Å². The predicted molar refractivity (Wildman–Crippen MR) is 38.4 cm³/mol. The summed E-state index contributed by atoms with van der Waals surface area (Å²) in [6.45, 7) is 4.01. The molecule has 0 aliphatic rings. The summed E-state index contributed by atoms with van der Waals surface area (Å²) in [6.07, 6.45) is 1.76. The normalized spacial score (nSPS) is 12.2. The van der Waals surface area contributed by atoms with Crippen LogP contribution in [0.25, 0.3) is 0 Å². The van der Waals surface area contributed by atoms with Gasteiger partial charge >= 0.3 is 0 Å². The van der Waals surface area contributed by atoms with Gasteiger partial charge in [-0.1, -0.05) is 6.58 Å². The summed E-state index contributed by atoms with van der Waals surface area (Å²) in [7, 11) is 1.64. The molecule has 0 rings (SSSR count). The highest BCUT2D eigenvalue weighted by Gasteiger charge is 1.92. The van der Waals surface area contributed by atoms with Gasteiger partial charge in [-0.05, 0) is 6.08 Å². The zero-order valence-corrected chi connectivity index (χ0v) is 5.82. The van der Waals surface area contributed by atoms with Gasteiger partial charge < -0.3 is 4.74 Å². The lowest BCUT2D eigenvalue weighted by molar-refractivity contribution is 0.208. The van der Waals surface area contributed by atoms with Gasteiger partial charge in [0.25, 0.3) is 0 Å². The maximum absolute atomic E-state index is 4.78. The Labute approximate surface area is 55.5 Å². The smallest absolute Gasteiger partial charge is 0.0619 e. The maximum Gasteiger partial charge on any atom is 0.0619 e. The largest absolute Gasteiger partial charge is 0.383 e. The molecule has 0 aliphatic heterocycles. The highest BCUT2D eigenvalue weighted by atomic mass is 32.1. The van der Waals surface area contributed by atoms with E-state index in [2.05, 4.69) is 24.9 Å². The molecule has 0 unspecified atom stereocenters. The highest BCUT2D eigenvalue weighted by molar-refractivity contribution is 7.81. The van der Waals surface area contributed by atoms with E-state index in [-0.39, 0.29) is 5.25 Å². The van der Waals surface area contributed by atoms with E-state index in [4.69, 9.17) is 4.74 Å². The Morgan fingerprint density at radius 1 is 2.00 bits per heavy atom. The van der Waals surface area contributed by atoms with Gasteiger partial charge in [0.05, 0.1) is 11.9 Å². The average molecular weight is 130 g/mol. The zero-order chi connectivity index (χ0) is 6.41. The van der Waals surface area contributed by atoms with Crippen molar-refractivity contribution < 1.29 is 4.74 Å².